The van der Waals surface area contributed by atoms with Gasteiger partial charge in [0.25, 0.3) is 5.91 Å². The maximum Gasteiger partial charge on any atom is 0.261 e. The monoisotopic (exact) mass is 366 g/mol. The van der Waals surface area contributed by atoms with Gasteiger partial charge in [-0.05, 0) is 48.9 Å². The number of carbonyl (C=O) groups is 1. The van der Waals surface area contributed by atoms with Crippen LogP contribution in [0, 0.1) is 0 Å². The summed E-state index contributed by atoms with van der Waals surface area (Å²) in [5.74, 6) is 0.366. The van der Waals surface area contributed by atoms with Crippen molar-refractivity contribution in [1.82, 2.24) is 10.3 Å². The van der Waals surface area contributed by atoms with Crippen LogP contribution in [-0.4, -0.2) is 17.0 Å². The van der Waals surface area contributed by atoms with Crippen molar-refractivity contribution in [2.45, 2.75) is 19.1 Å². The second-order valence-electron chi connectivity index (χ2n) is 5.82. The van der Waals surface area contributed by atoms with Crippen LogP contribution in [0.4, 0.5) is 0 Å². The van der Waals surface area contributed by atoms with Gasteiger partial charge in [0.05, 0.1) is 11.7 Å². The van der Waals surface area contributed by atoms with Crippen molar-refractivity contribution in [2.24, 2.45) is 0 Å². The Morgan fingerprint density at radius 2 is 1.69 bits per heavy atom. The van der Waals surface area contributed by atoms with Crippen LogP contribution in [0.5, 0.6) is 5.75 Å². The molecular formula is C21H19ClN2O2. The molecular weight excluding hydrogens is 348 g/mol. The summed E-state index contributed by atoms with van der Waals surface area (Å²) in [6, 6.07) is 21.9. The van der Waals surface area contributed by atoms with Crippen LogP contribution >= 0.6 is 11.6 Å². The molecule has 0 radical (unpaired) electrons. The minimum Gasteiger partial charge on any atom is -0.481 e. The highest BCUT2D eigenvalue weighted by molar-refractivity contribution is 6.30. The van der Waals surface area contributed by atoms with Crippen molar-refractivity contribution in [2.75, 3.05) is 0 Å². The highest BCUT2D eigenvalue weighted by Gasteiger charge is 2.22. The average molecular weight is 367 g/mol. The summed E-state index contributed by atoms with van der Waals surface area (Å²) in [5.41, 5.74) is 1.73. The van der Waals surface area contributed by atoms with Gasteiger partial charge < -0.3 is 10.1 Å². The lowest BCUT2D eigenvalue weighted by atomic mass is 10.0. The van der Waals surface area contributed by atoms with E-state index in [1.54, 1.807) is 37.4 Å². The molecule has 0 saturated heterocycles. The Morgan fingerprint density at radius 1 is 1.00 bits per heavy atom. The minimum atomic E-state index is -0.661. The number of aromatic nitrogens is 1. The van der Waals surface area contributed by atoms with Gasteiger partial charge >= 0.3 is 0 Å². The molecule has 2 unspecified atom stereocenters. The van der Waals surface area contributed by atoms with E-state index >= 15 is 0 Å². The third-order valence-electron chi connectivity index (χ3n) is 3.90. The summed E-state index contributed by atoms with van der Waals surface area (Å²) in [7, 11) is 0. The Bertz CT molecular complexity index is 799. The Hall–Kier alpha value is -2.85. The number of nitrogens with one attached hydrogen (secondary N) is 1. The highest BCUT2D eigenvalue weighted by Crippen LogP contribution is 2.21. The number of amides is 1. The number of rotatable bonds is 6. The molecule has 5 heteroatoms. The Kier molecular flexibility index (Phi) is 5.87. The molecule has 1 aromatic heterocycles. The van der Waals surface area contributed by atoms with E-state index in [-0.39, 0.29) is 11.9 Å². The summed E-state index contributed by atoms with van der Waals surface area (Å²) in [6.07, 6.45) is 1.05. The fraction of sp³-hybridized carbons (Fsp3) is 0.143. The molecule has 0 saturated carbocycles. The molecule has 26 heavy (non-hydrogen) atoms. The summed E-state index contributed by atoms with van der Waals surface area (Å²) >= 11 is 5.87. The van der Waals surface area contributed by atoms with Gasteiger partial charge in [-0.1, -0.05) is 48.0 Å². The van der Waals surface area contributed by atoms with Crippen LogP contribution in [0.15, 0.2) is 79.0 Å². The van der Waals surface area contributed by atoms with Crippen LogP contribution in [-0.2, 0) is 4.79 Å². The first-order valence-corrected chi connectivity index (χ1v) is 8.70. The second-order valence-corrected chi connectivity index (χ2v) is 6.26. The van der Waals surface area contributed by atoms with E-state index in [9.17, 15) is 4.79 Å². The molecule has 3 aromatic rings. The predicted molar refractivity (Wildman–Crippen MR) is 102 cm³/mol. The van der Waals surface area contributed by atoms with Crippen molar-refractivity contribution in [3.8, 4) is 5.75 Å². The lowest BCUT2D eigenvalue weighted by molar-refractivity contribution is -0.127. The van der Waals surface area contributed by atoms with Gasteiger partial charge in [-0.15, -0.1) is 0 Å². The molecule has 0 fully saturated rings. The number of pyridine rings is 1. The smallest absolute Gasteiger partial charge is 0.261 e. The Balaban J connectivity index is 1.75. The lowest BCUT2D eigenvalue weighted by Crippen LogP contribution is -2.39. The van der Waals surface area contributed by atoms with Crippen LogP contribution in [0.2, 0.25) is 5.02 Å². The van der Waals surface area contributed by atoms with Crippen LogP contribution in [0.3, 0.4) is 0 Å². The van der Waals surface area contributed by atoms with Gasteiger partial charge in [-0.3, -0.25) is 9.78 Å². The van der Waals surface area contributed by atoms with Crippen molar-refractivity contribution in [3.05, 3.63) is 95.3 Å². The topological polar surface area (TPSA) is 51.2 Å². The number of halogens is 1. The second kappa shape index (κ2) is 8.50. The number of carbonyl (C=O) groups excluding carboxylic acids is 1. The Morgan fingerprint density at radius 3 is 2.35 bits per heavy atom. The van der Waals surface area contributed by atoms with E-state index < -0.39 is 6.10 Å². The third kappa shape index (κ3) is 4.61. The average Bonchev–Trinajstić information content (AvgIpc) is 2.69. The molecule has 0 spiro atoms. The van der Waals surface area contributed by atoms with E-state index in [2.05, 4.69) is 10.3 Å². The lowest BCUT2D eigenvalue weighted by Gasteiger charge is -2.22. The molecule has 0 aliphatic heterocycles. The molecule has 0 bridgehead atoms. The maximum absolute atomic E-state index is 12.7. The molecule has 1 N–H and O–H groups in total. The van der Waals surface area contributed by atoms with E-state index in [4.69, 9.17) is 16.3 Å². The number of ether oxygens (including phenoxy) is 1. The molecule has 2 atom stereocenters. The number of benzene rings is 2. The zero-order valence-corrected chi connectivity index (χ0v) is 15.1. The predicted octanol–water partition coefficient (Wildman–Crippen LogP) is 4.41. The van der Waals surface area contributed by atoms with Crippen molar-refractivity contribution < 1.29 is 9.53 Å². The third-order valence-corrected chi connectivity index (χ3v) is 4.15. The van der Waals surface area contributed by atoms with E-state index in [1.807, 2.05) is 48.5 Å². The SMILES string of the molecule is CC(Oc1ccc(Cl)cc1)C(=O)NC(c1ccccc1)c1ccccn1. The zero-order valence-electron chi connectivity index (χ0n) is 14.3. The summed E-state index contributed by atoms with van der Waals surface area (Å²) in [5, 5.41) is 3.65. The molecule has 0 aliphatic rings. The standard InChI is InChI=1S/C21H19ClN2O2/c1-15(26-18-12-10-17(22)11-13-18)21(25)24-20(16-7-3-2-4-8-16)19-9-5-6-14-23-19/h2-15,20H,1H3,(H,24,25). The van der Waals surface area contributed by atoms with Gasteiger partial charge in [0.1, 0.15) is 5.75 Å². The normalized spacial score (nSPS) is 12.8. The number of hydrogen-bond acceptors (Lipinski definition) is 3. The summed E-state index contributed by atoms with van der Waals surface area (Å²) in [6.45, 7) is 1.71. The molecule has 2 aromatic carbocycles. The first-order chi connectivity index (χ1) is 12.6. The van der Waals surface area contributed by atoms with Gasteiger partial charge in [-0.25, -0.2) is 0 Å². The molecule has 4 nitrogen and oxygen atoms in total. The fourth-order valence-corrected chi connectivity index (χ4v) is 2.68. The van der Waals surface area contributed by atoms with Gasteiger partial charge in [0.15, 0.2) is 6.10 Å². The van der Waals surface area contributed by atoms with Crippen LogP contribution < -0.4 is 10.1 Å². The number of hydrogen-bond donors (Lipinski definition) is 1. The quantitative estimate of drug-likeness (QED) is 0.703. The van der Waals surface area contributed by atoms with Gasteiger partial charge in [0.2, 0.25) is 0 Å². The summed E-state index contributed by atoms with van der Waals surface area (Å²) < 4.78 is 5.71. The van der Waals surface area contributed by atoms with E-state index in [0.717, 1.165) is 11.3 Å². The van der Waals surface area contributed by atoms with Crippen LogP contribution in [0.25, 0.3) is 0 Å². The molecule has 132 valence electrons. The Labute approximate surface area is 157 Å². The largest absolute Gasteiger partial charge is 0.481 e. The fourth-order valence-electron chi connectivity index (χ4n) is 2.55. The van der Waals surface area contributed by atoms with Crippen molar-refractivity contribution in [1.29, 1.82) is 0 Å². The molecule has 1 amide bonds. The summed E-state index contributed by atoms with van der Waals surface area (Å²) in [4.78, 5) is 17.1. The van der Waals surface area contributed by atoms with E-state index in [1.165, 1.54) is 0 Å². The van der Waals surface area contributed by atoms with Gasteiger partial charge in [0, 0.05) is 11.2 Å². The van der Waals surface area contributed by atoms with Crippen LogP contribution in [0.1, 0.15) is 24.2 Å². The zero-order chi connectivity index (χ0) is 18.4. The van der Waals surface area contributed by atoms with Crippen molar-refractivity contribution >= 4 is 17.5 Å². The molecule has 0 aliphatic carbocycles. The molecule has 3 rings (SSSR count). The first kappa shape index (κ1) is 18.0. The minimum absolute atomic E-state index is 0.223. The first-order valence-electron chi connectivity index (χ1n) is 8.32. The maximum atomic E-state index is 12.7. The van der Waals surface area contributed by atoms with Crippen molar-refractivity contribution in [3.63, 3.8) is 0 Å². The van der Waals surface area contributed by atoms with Gasteiger partial charge in [-0.2, -0.15) is 0 Å². The highest BCUT2D eigenvalue weighted by atomic mass is 35.5. The molecule has 1 heterocycles. The van der Waals surface area contributed by atoms with E-state index in [0.29, 0.717) is 10.8 Å². The number of nitrogens with zero attached hydrogens (tertiary/aromatic N) is 1.